The molecule has 2 aliphatic rings. The Morgan fingerprint density at radius 3 is 1.09 bits per heavy atom. The van der Waals surface area contributed by atoms with Gasteiger partial charge in [0.2, 0.25) is 0 Å². The molecule has 18 heteroatoms. The highest BCUT2D eigenvalue weighted by molar-refractivity contribution is 5.74. The third-order valence-corrected chi connectivity index (χ3v) is 17.0. The number of esters is 6. The topological polar surface area (TPSA) is 279 Å². The Labute approximate surface area is 535 Å². The number of hydrogen-bond donors (Lipinski definition) is 6. The number of hydrogen-bond acceptors (Lipinski definition) is 18. The van der Waals surface area contributed by atoms with Gasteiger partial charge in [-0.05, 0) is 192 Å². The second kappa shape index (κ2) is 41.2. The molecular formula is C70H136O18. The number of carbonyl (C=O) groups excluding carboxylic acids is 6. The molecule has 2 fully saturated rings. The van der Waals surface area contributed by atoms with E-state index in [2.05, 4.69) is 0 Å². The summed E-state index contributed by atoms with van der Waals surface area (Å²) in [4.78, 5) is 69.4. The zero-order valence-electron chi connectivity index (χ0n) is 61.2. The zero-order chi connectivity index (χ0) is 70.4. The van der Waals surface area contributed by atoms with Crippen LogP contribution in [0.25, 0.3) is 0 Å². The molecule has 0 saturated heterocycles. The van der Waals surface area contributed by atoms with Crippen molar-refractivity contribution in [1.29, 1.82) is 0 Å². The lowest BCUT2D eigenvalue weighted by Gasteiger charge is -2.40. The number of rotatable bonds is 27. The van der Waals surface area contributed by atoms with E-state index in [1.807, 2.05) is 104 Å². The van der Waals surface area contributed by atoms with Crippen molar-refractivity contribution in [2.75, 3.05) is 6.61 Å². The highest BCUT2D eigenvalue weighted by Gasteiger charge is 2.50. The molecule has 18 nitrogen and oxygen atoms in total. The van der Waals surface area contributed by atoms with Crippen molar-refractivity contribution in [3.8, 4) is 0 Å². The molecule has 0 aromatic carbocycles. The fourth-order valence-electron chi connectivity index (χ4n) is 8.58. The number of aliphatic hydroxyl groups is 6. The molecule has 0 aliphatic heterocycles. The van der Waals surface area contributed by atoms with Crippen LogP contribution in [0.3, 0.4) is 0 Å². The van der Waals surface area contributed by atoms with Gasteiger partial charge in [0, 0.05) is 0 Å². The van der Waals surface area contributed by atoms with Gasteiger partial charge in [-0.2, -0.15) is 0 Å². The molecule has 0 amide bonds. The first kappa shape index (κ1) is 91.0. The van der Waals surface area contributed by atoms with Crippen molar-refractivity contribution in [2.45, 2.75) is 360 Å². The van der Waals surface area contributed by atoms with Crippen molar-refractivity contribution < 1.29 is 87.8 Å². The third-order valence-electron chi connectivity index (χ3n) is 17.0. The highest BCUT2D eigenvalue weighted by atomic mass is 16.6. The van der Waals surface area contributed by atoms with Crippen LogP contribution >= 0.6 is 0 Å². The van der Waals surface area contributed by atoms with Gasteiger partial charge in [0.25, 0.3) is 0 Å². The fraction of sp³-hybridized carbons (Fsp3) is 0.914. The quantitative estimate of drug-likeness (QED) is 0.0329. The first-order chi connectivity index (χ1) is 39.7. The molecule has 9 atom stereocenters. The summed E-state index contributed by atoms with van der Waals surface area (Å²) in [5, 5.41) is 59.0. The maximum absolute atomic E-state index is 11.9. The maximum Gasteiger partial charge on any atom is 0.309 e. The van der Waals surface area contributed by atoms with Crippen molar-refractivity contribution in [2.24, 2.45) is 47.3 Å². The summed E-state index contributed by atoms with van der Waals surface area (Å²) >= 11 is 0. The number of carbonyl (C=O) groups is 6. The predicted octanol–water partition coefficient (Wildman–Crippen LogP) is 13.5. The molecule has 2 rings (SSSR count). The molecule has 0 radical (unpaired) electrons. The van der Waals surface area contributed by atoms with Gasteiger partial charge >= 0.3 is 35.8 Å². The highest BCUT2D eigenvalue weighted by Crippen LogP contribution is 2.42. The Kier molecular flexibility index (Phi) is 42.6. The molecule has 9 unspecified atom stereocenters. The third kappa shape index (κ3) is 36.6. The summed E-state index contributed by atoms with van der Waals surface area (Å²) in [6.45, 7) is 52.1. The van der Waals surface area contributed by atoms with Crippen molar-refractivity contribution in [3.63, 3.8) is 0 Å². The second-order valence-electron chi connectivity index (χ2n) is 29.2. The monoisotopic (exact) mass is 1260 g/mol. The molecule has 524 valence electrons. The average molecular weight is 1270 g/mol. The number of ether oxygens (including phenoxy) is 6. The van der Waals surface area contributed by atoms with E-state index in [1.54, 1.807) is 96.9 Å². The van der Waals surface area contributed by atoms with E-state index in [1.165, 1.54) is 12.8 Å². The van der Waals surface area contributed by atoms with Crippen LogP contribution in [0, 0.1) is 47.3 Å². The van der Waals surface area contributed by atoms with E-state index < -0.39 is 57.0 Å². The first-order valence-electron chi connectivity index (χ1n) is 33.3. The van der Waals surface area contributed by atoms with E-state index in [0.29, 0.717) is 12.3 Å². The maximum atomic E-state index is 11.9. The van der Waals surface area contributed by atoms with E-state index in [9.17, 15) is 59.4 Å². The van der Waals surface area contributed by atoms with Crippen molar-refractivity contribution in [1.82, 2.24) is 0 Å². The molecule has 2 aliphatic carbocycles. The van der Waals surface area contributed by atoms with Gasteiger partial charge in [-0.25, -0.2) is 0 Å². The van der Waals surface area contributed by atoms with E-state index in [-0.39, 0.29) is 90.0 Å². The van der Waals surface area contributed by atoms with Crippen LogP contribution in [0.15, 0.2) is 0 Å². The van der Waals surface area contributed by atoms with Crippen LogP contribution in [0.1, 0.15) is 297 Å². The van der Waals surface area contributed by atoms with Gasteiger partial charge < -0.3 is 59.1 Å². The van der Waals surface area contributed by atoms with E-state index in [4.69, 9.17) is 28.4 Å². The smallest absolute Gasteiger partial charge is 0.309 e. The fourth-order valence-corrected chi connectivity index (χ4v) is 8.58. The van der Waals surface area contributed by atoms with Crippen LogP contribution in [0.5, 0.6) is 0 Å². The van der Waals surface area contributed by atoms with Crippen LogP contribution in [0.4, 0.5) is 0 Å². The molecule has 88 heavy (non-hydrogen) atoms. The van der Waals surface area contributed by atoms with Gasteiger partial charge in [0.05, 0.1) is 69.1 Å². The van der Waals surface area contributed by atoms with Gasteiger partial charge in [0.1, 0.15) is 36.1 Å². The Balaban J connectivity index is -0.000000483. The largest absolute Gasteiger partial charge is 0.462 e. The van der Waals surface area contributed by atoms with Crippen molar-refractivity contribution in [3.05, 3.63) is 0 Å². The van der Waals surface area contributed by atoms with Crippen LogP contribution < -0.4 is 0 Å². The summed E-state index contributed by atoms with van der Waals surface area (Å²) in [5.74, 6) is -1.40. The molecule has 0 aromatic rings. The molecular weight excluding hydrogens is 1130 g/mol. The Bertz CT molecular complexity index is 1940. The minimum absolute atomic E-state index is 0.0656. The molecule has 2 saturated carbocycles. The van der Waals surface area contributed by atoms with Crippen molar-refractivity contribution >= 4 is 35.8 Å². The standard InChI is InChI=1S/C14H26O3.C13H24O3.C12H24O3.2C11H22O3.C9H18O3/c1-5-10(2)13(15)17-12(14(3,4)16)11-8-6-7-9-11;1-5-10(2)11(14)16-13(12(3,4)15)8-6-7-9-13;1-7-9(4)11(13)15-10(8(2)3)12(5,6)14;1-7-8(2)9(12)14-11(5,6)10(3,4)13;1-6-8(3)10(12)14-9(7-2)11(4,5)13;1-5-7(2)8(10)12-6-9(3,4)11/h10-12,16H,5-9H2,1-4H3;10,15H,5-9H2,1-4H3;8-10,14H,7H2,1-6H3;8,13H,7H2,1-6H3;8-9,13H,6-7H2,1-5H3;7,11H,5-6H2,1-4H3. The SMILES string of the molecule is CCC(C)C(=O)OC(C(C)C)C(C)(C)O.CCC(C)C(=O)OC(C)(C)C(C)(C)O.CCC(C)C(=O)OC(C1CCCC1)C(C)(C)O.CCC(C)C(=O)OC(CC)C(C)(C)O.CCC(C)C(=O)OC1(C(C)(C)O)CCCC1.CCC(C)C(=O)OCC(C)(C)O. The lowest BCUT2D eigenvalue weighted by molar-refractivity contribution is -0.192. The summed E-state index contributed by atoms with van der Waals surface area (Å²) in [6, 6.07) is 0. The lowest BCUT2D eigenvalue weighted by atomic mass is 9.84. The predicted molar refractivity (Wildman–Crippen MR) is 350 cm³/mol. The van der Waals surface area contributed by atoms with Gasteiger partial charge in [-0.3, -0.25) is 28.8 Å². The zero-order valence-corrected chi connectivity index (χ0v) is 61.2. The van der Waals surface area contributed by atoms with Gasteiger partial charge in [-0.1, -0.05) is 117 Å². The van der Waals surface area contributed by atoms with E-state index in [0.717, 1.165) is 77.0 Å². The van der Waals surface area contributed by atoms with Crippen LogP contribution in [0.2, 0.25) is 0 Å². The Morgan fingerprint density at radius 1 is 0.432 bits per heavy atom. The normalized spacial score (nSPS) is 17.7. The summed E-state index contributed by atoms with van der Waals surface area (Å²) in [6.07, 6.45) is 12.1. The minimum atomic E-state index is -1.03. The van der Waals surface area contributed by atoms with Crippen LogP contribution in [-0.4, -0.2) is 136 Å². The molecule has 0 aromatic heterocycles. The van der Waals surface area contributed by atoms with Gasteiger partial charge in [-0.15, -0.1) is 0 Å². The average Bonchev–Trinajstić information content (AvgIpc) is 4.17. The Hall–Kier alpha value is -3.42. The van der Waals surface area contributed by atoms with Gasteiger partial charge in [0.15, 0.2) is 0 Å². The van der Waals surface area contributed by atoms with Crippen LogP contribution in [-0.2, 0) is 57.2 Å². The molecule has 0 heterocycles. The Morgan fingerprint density at radius 2 is 0.784 bits per heavy atom. The summed E-state index contributed by atoms with van der Waals surface area (Å²) in [5.41, 5.74) is -7.32. The van der Waals surface area contributed by atoms with E-state index >= 15 is 0 Å². The molecule has 0 spiro atoms. The molecule has 6 N–H and O–H groups in total. The summed E-state index contributed by atoms with van der Waals surface area (Å²) < 4.78 is 31.9. The summed E-state index contributed by atoms with van der Waals surface area (Å²) in [7, 11) is 0. The molecule has 0 bridgehead atoms. The lowest BCUT2D eigenvalue weighted by Crippen LogP contribution is -2.51. The minimum Gasteiger partial charge on any atom is -0.462 e. The second-order valence-corrected chi connectivity index (χ2v) is 29.2. The first-order valence-corrected chi connectivity index (χ1v) is 33.3.